The number of aromatic nitrogens is 4. The summed E-state index contributed by atoms with van der Waals surface area (Å²) in [7, 11) is 11.8. The molecule has 4 aromatic heterocycles. The van der Waals surface area contributed by atoms with Crippen molar-refractivity contribution in [1.82, 2.24) is 19.5 Å². The maximum absolute atomic E-state index is 15.3. The van der Waals surface area contributed by atoms with Crippen LogP contribution in [-0.2, 0) is 11.0 Å². The Morgan fingerprint density at radius 3 is 2.36 bits per heavy atom. The molecule has 4 rings (SSSR count). The maximum atomic E-state index is 15.3. The highest BCUT2D eigenvalue weighted by atomic mass is 35.5. The number of ether oxygens (including phenoxy) is 1. The van der Waals surface area contributed by atoms with E-state index in [1.807, 2.05) is 0 Å². The van der Waals surface area contributed by atoms with Crippen LogP contribution in [-0.4, -0.2) is 40.3 Å². The molecular formula is C26H20B2ClF3N4O3. The summed E-state index contributed by atoms with van der Waals surface area (Å²) in [4.78, 5) is 25.2. The van der Waals surface area contributed by atoms with Crippen LogP contribution in [0.3, 0.4) is 0 Å². The predicted octanol–water partition coefficient (Wildman–Crippen LogP) is 4.13. The van der Waals surface area contributed by atoms with Crippen molar-refractivity contribution in [2.45, 2.75) is 38.7 Å². The van der Waals surface area contributed by atoms with Gasteiger partial charge in [-0.2, -0.15) is 0 Å². The van der Waals surface area contributed by atoms with E-state index in [2.05, 4.69) is 15.0 Å². The Bertz CT molecular complexity index is 1660. The number of aliphatic hydroxyl groups is 1. The Kier molecular flexibility index (Phi) is 7.39. The summed E-state index contributed by atoms with van der Waals surface area (Å²) in [5, 5.41) is 7.43. The first-order valence-corrected chi connectivity index (χ1v) is 11.8. The summed E-state index contributed by atoms with van der Waals surface area (Å²) >= 11 is 6.33. The normalized spacial score (nSPS) is 12.0. The van der Waals surface area contributed by atoms with Gasteiger partial charge in [-0.1, -0.05) is 11.6 Å². The molecule has 0 saturated heterocycles. The number of hydrogen-bond donors (Lipinski definition) is 1. The number of nitrogens with zero attached hydrogens (tertiary/aromatic N) is 4. The monoisotopic (exact) mass is 550 g/mol. The second-order valence-electron chi connectivity index (χ2n) is 9.42. The zero-order chi connectivity index (χ0) is 28.9. The third-order valence-electron chi connectivity index (χ3n) is 5.82. The van der Waals surface area contributed by atoms with Crippen molar-refractivity contribution in [3.05, 3.63) is 98.3 Å². The van der Waals surface area contributed by atoms with E-state index in [1.165, 1.54) is 49.0 Å². The first kappa shape index (κ1) is 28.4. The molecule has 0 unspecified atom stereocenters. The van der Waals surface area contributed by atoms with Gasteiger partial charge in [0, 0.05) is 35.8 Å². The van der Waals surface area contributed by atoms with Gasteiger partial charge in [-0.25, -0.2) is 13.2 Å². The number of rotatable bonds is 6. The standard InChI is InChI=1S/C26H20B2ClF3N4O3/c1-12-10-34-17(15-5-6-33-23(21(15)32)25(3,4)38)9-18(12)36-13(2)7-19(20(29)24(36)37)39-26(27,28)22-16(31)8-14(30)11-35-22/h5-11,38H,1-4H3. The van der Waals surface area contributed by atoms with E-state index in [-0.39, 0.29) is 22.7 Å². The Hall–Kier alpha value is -3.63. The topological polar surface area (TPSA) is 90.1 Å². The van der Waals surface area contributed by atoms with E-state index in [0.717, 1.165) is 0 Å². The lowest BCUT2D eigenvalue weighted by atomic mass is 9.62. The minimum atomic E-state index is -2.40. The van der Waals surface area contributed by atoms with E-state index in [4.69, 9.17) is 32.0 Å². The van der Waals surface area contributed by atoms with Crippen LogP contribution >= 0.6 is 11.6 Å². The molecule has 0 aliphatic rings. The fourth-order valence-corrected chi connectivity index (χ4v) is 4.13. The van der Waals surface area contributed by atoms with Crippen LogP contribution in [0.4, 0.5) is 13.2 Å². The highest BCUT2D eigenvalue weighted by Crippen LogP contribution is 2.32. The Morgan fingerprint density at radius 2 is 1.72 bits per heavy atom. The molecule has 0 saturated carbocycles. The molecule has 4 heterocycles. The van der Waals surface area contributed by atoms with Crippen LogP contribution in [0.1, 0.15) is 36.5 Å². The van der Waals surface area contributed by atoms with Gasteiger partial charge < -0.3 is 9.84 Å². The fourth-order valence-electron chi connectivity index (χ4n) is 3.96. The molecule has 7 nitrogen and oxygen atoms in total. The van der Waals surface area contributed by atoms with Gasteiger partial charge in [0.25, 0.3) is 5.56 Å². The molecule has 196 valence electrons. The van der Waals surface area contributed by atoms with Crippen molar-refractivity contribution in [3.8, 4) is 22.7 Å². The van der Waals surface area contributed by atoms with E-state index in [0.29, 0.717) is 29.2 Å². The Labute approximate surface area is 229 Å². The average molecular weight is 551 g/mol. The molecule has 4 radical (unpaired) electrons. The summed E-state index contributed by atoms with van der Waals surface area (Å²) in [6, 6.07) is 4.76. The van der Waals surface area contributed by atoms with Crippen molar-refractivity contribution < 1.29 is 23.0 Å². The molecule has 0 aliphatic heterocycles. The Morgan fingerprint density at radius 1 is 1.03 bits per heavy atom. The predicted molar refractivity (Wildman–Crippen MR) is 141 cm³/mol. The van der Waals surface area contributed by atoms with Gasteiger partial charge in [-0.15, -0.1) is 0 Å². The summed E-state index contributed by atoms with van der Waals surface area (Å²) in [6.07, 6.45) is 3.51. The van der Waals surface area contributed by atoms with Gasteiger partial charge in [0.05, 0.1) is 23.0 Å². The number of hydrogen-bond acceptors (Lipinski definition) is 6. The smallest absolute Gasteiger partial charge is 0.277 e. The molecule has 0 aliphatic carbocycles. The molecule has 0 spiro atoms. The third kappa shape index (κ3) is 5.44. The van der Waals surface area contributed by atoms with Crippen LogP contribution in [0.2, 0.25) is 5.02 Å². The van der Waals surface area contributed by atoms with Crippen LogP contribution < -0.4 is 10.3 Å². The molecular weight excluding hydrogens is 530 g/mol. The highest BCUT2D eigenvalue weighted by Gasteiger charge is 2.30. The minimum absolute atomic E-state index is 0.0602. The van der Waals surface area contributed by atoms with Crippen molar-refractivity contribution in [2.24, 2.45) is 0 Å². The van der Waals surface area contributed by atoms with Crippen LogP contribution in [0.25, 0.3) is 16.9 Å². The van der Waals surface area contributed by atoms with Gasteiger partial charge in [0.15, 0.2) is 5.82 Å². The summed E-state index contributed by atoms with van der Waals surface area (Å²) < 4.78 is 49.5. The molecule has 0 atom stereocenters. The SMILES string of the molecule is [B]C([B])(Oc1cc(C)n(-c2cc(-c3ccnc(C(C)(C)O)c3F)ncc2C)c(=O)c1Cl)c1ncc(F)cc1F. The van der Waals surface area contributed by atoms with Gasteiger partial charge in [-0.3, -0.25) is 24.3 Å². The van der Waals surface area contributed by atoms with Gasteiger partial charge in [0.2, 0.25) is 0 Å². The third-order valence-corrected chi connectivity index (χ3v) is 6.16. The quantitative estimate of drug-likeness (QED) is 0.363. The largest absolute Gasteiger partial charge is 0.499 e. The molecule has 0 aromatic carbocycles. The molecule has 4 aromatic rings. The average Bonchev–Trinajstić information content (AvgIpc) is 2.82. The molecule has 39 heavy (non-hydrogen) atoms. The molecule has 0 fully saturated rings. The van der Waals surface area contributed by atoms with Crippen LogP contribution in [0, 0.1) is 31.3 Å². The number of aryl methyl sites for hydroxylation is 2. The van der Waals surface area contributed by atoms with Crippen molar-refractivity contribution >= 4 is 27.3 Å². The minimum Gasteiger partial charge on any atom is -0.499 e. The molecule has 0 amide bonds. The van der Waals surface area contributed by atoms with E-state index >= 15 is 4.39 Å². The number of pyridine rings is 4. The first-order valence-electron chi connectivity index (χ1n) is 11.5. The zero-order valence-corrected chi connectivity index (χ0v) is 22.0. The maximum Gasteiger partial charge on any atom is 0.277 e. The van der Waals surface area contributed by atoms with Gasteiger partial charge in [0.1, 0.15) is 55.1 Å². The van der Waals surface area contributed by atoms with Crippen LogP contribution in [0.5, 0.6) is 5.75 Å². The molecule has 13 heteroatoms. The van der Waals surface area contributed by atoms with Gasteiger partial charge in [-0.05, 0) is 45.4 Å². The Balaban J connectivity index is 1.80. The summed E-state index contributed by atoms with van der Waals surface area (Å²) in [5.41, 5.74) is -1.65. The summed E-state index contributed by atoms with van der Waals surface area (Å²) in [5.74, 6) is -3.13. The van der Waals surface area contributed by atoms with E-state index < -0.39 is 44.7 Å². The molecule has 0 bridgehead atoms. The lowest BCUT2D eigenvalue weighted by Gasteiger charge is -2.28. The van der Waals surface area contributed by atoms with Gasteiger partial charge >= 0.3 is 0 Å². The highest BCUT2D eigenvalue weighted by molar-refractivity contribution is 6.39. The second-order valence-corrected chi connectivity index (χ2v) is 9.80. The fraction of sp³-hybridized carbons (Fsp3) is 0.231. The van der Waals surface area contributed by atoms with Crippen molar-refractivity contribution in [1.29, 1.82) is 0 Å². The number of halogens is 4. The summed E-state index contributed by atoms with van der Waals surface area (Å²) in [6.45, 7) is 6.06. The van der Waals surface area contributed by atoms with E-state index in [9.17, 15) is 18.7 Å². The first-order chi connectivity index (χ1) is 18.1. The van der Waals surface area contributed by atoms with Crippen molar-refractivity contribution in [2.75, 3.05) is 0 Å². The van der Waals surface area contributed by atoms with Crippen molar-refractivity contribution in [3.63, 3.8) is 0 Å². The lowest BCUT2D eigenvalue weighted by molar-refractivity contribution is 0.0696. The molecule has 1 N–H and O–H groups in total. The van der Waals surface area contributed by atoms with E-state index in [1.54, 1.807) is 13.8 Å². The van der Waals surface area contributed by atoms with Crippen LogP contribution in [0.15, 0.2) is 47.7 Å². The zero-order valence-electron chi connectivity index (χ0n) is 21.3. The lowest BCUT2D eigenvalue weighted by Crippen LogP contribution is -2.37. The second kappa shape index (κ2) is 10.2.